The van der Waals surface area contributed by atoms with E-state index >= 15 is 0 Å². The molecular weight excluding hydrogens is 354 g/mol. The normalized spacial score (nSPS) is 12.1. The number of fused-ring (bicyclic) bond motifs is 1. The van der Waals surface area contributed by atoms with Gasteiger partial charge < -0.3 is 9.73 Å². The molecule has 0 bridgehead atoms. The van der Waals surface area contributed by atoms with E-state index in [1.54, 1.807) is 11.3 Å². The van der Waals surface area contributed by atoms with Gasteiger partial charge >= 0.3 is 0 Å². The molecule has 0 saturated heterocycles. The van der Waals surface area contributed by atoms with Gasteiger partial charge in [0.15, 0.2) is 0 Å². The fourth-order valence-corrected chi connectivity index (χ4v) is 3.97. The van der Waals surface area contributed by atoms with E-state index in [1.807, 2.05) is 66.7 Å². The third kappa shape index (κ3) is 4.29. The number of aryl methyl sites for hydroxylation is 1. The molecule has 27 heavy (non-hydrogen) atoms. The Bertz CT molecular complexity index is 972. The lowest BCUT2D eigenvalue weighted by molar-refractivity contribution is -0.121. The minimum Gasteiger partial charge on any atom is -0.459 e. The van der Waals surface area contributed by atoms with Crippen LogP contribution in [0.15, 0.2) is 82.6 Å². The smallest absolute Gasteiger partial charge is 0.220 e. The first-order valence-corrected chi connectivity index (χ1v) is 10.0. The Morgan fingerprint density at radius 2 is 1.81 bits per heavy atom. The monoisotopic (exact) mass is 375 g/mol. The van der Waals surface area contributed by atoms with Crippen LogP contribution in [-0.2, 0) is 11.2 Å². The number of furan rings is 1. The summed E-state index contributed by atoms with van der Waals surface area (Å²) in [6, 6.07) is 23.8. The van der Waals surface area contributed by atoms with Crippen molar-refractivity contribution in [2.45, 2.75) is 25.3 Å². The van der Waals surface area contributed by atoms with Crippen LogP contribution < -0.4 is 5.32 Å². The summed E-state index contributed by atoms with van der Waals surface area (Å²) < 4.78 is 6.04. The van der Waals surface area contributed by atoms with Crippen LogP contribution in [-0.4, -0.2) is 5.91 Å². The van der Waals surface area contributed by atoms with E-state index in [-0.39, 0.29) is 11.9 Å². The molecule has 4 rings (SSSR count). The predicted molar refractivity (Wildman–Crippen MR) is 110 cm³/mol. The molecule has 1 unspecified atom stereocenters. The second kappa shape index (κ2) is 8.23. The third-order valence-electron chi connectivity index (χ3n) is 4.57. The molecule has 4 aromatic rings. The number of amides is 1. The largest absolute Gasteiger partial charge is 0.459 e. The maximum atomic E-state index is 12.6. The van der Waals surface area contributed by atoms with E-state index in [9.17, 15) is 4.79 Å². The third-order valence-corrected chi connectivity index (χ3v) is 5.51. The zero-order valence-electron chi connectivity index (χ0n) is 14.9. The molecule has 1 N–H and O–H groups in total. The number of para-hydroxylation sites is 1. The highest BCUT2D eigenvalue weighted by Gasteiger charge is 2.20. The van der Waals surface area contributed by atoms with Gasteiger partial charge in [-0.2, -0.15) is 0 Å². The number of carbonyl (C=O) groups is 1. The van der Waals surface area contributed by atoms with Crippen molar-refractivity contribution in [3.05, 3.63) is 94.4 Å². The number of carbonyl (C=O) groups excluding carboxylic acids is 1. The molecule has 2 aromatic carbocycles. The number of nitrogens with one attached hydrogen (secondary N) is 1. The van der Waals surface area contributed by atoms with Crippen LogP contribution in [0.4, 0.5) is 0 Å². The van der Waals surface area contributed by atoms with Crippen LogP contribution in [0.3, 0.4) is 0 Å². The second-order valence-electron chi connectivity index (χ2n) is 6.53. The van der Waals surface area contributed by atoms with Crippen molar-refractivity contribution < 1.29 is 9.21 Å². The van der Waals surface area contributed by atoms with Crippen molar-refractivity contribution >= 4 is 28.2 Å². The first-order chi connectivity index (χ1) is 13.3. The van der Waals surface area contributed by atoms with Gasteiger partial charge in [-0.3, -0.25) is 4.79 Å². The maximum Gasteiger partial charge on any atom is 0.220 e. The lowest BCUT2D eigenvalue weighted by Gasteiger charge is -2.17. The second-order valence-corrected chi connectivity index (χ2v) is 7.56. The summed E-state index contributed by atoms with van der Waals surface area (Å²) in [4.78, 5) is 13.9. The van der Waals surface area contributed by atoms with Gasteiger partial charge in [-0.1, -0.05) is 54.6 Å². The van der Waals surface area contributed by atoms with Crippen LogP contribution in [0.5, 0.6) is 0 Å². The molecule has 0 spiro atoms. The Labute approximate surface area is 162 Å². The number of hydrogen-bond acceptors (Lipinski definition) is 3. The van der Waals surface area contributed by atoms with Gasteiger partial charge in [0.05, 0.1) is 0 Å². The van der Waals surface area contributed by atoms with Gasteiger partial charge in [0.2, 0.25) is 5.91 Å². The number of rotatable bonds is 7. The molecule has 1 amide bonds. The molecular formula is C23H21NO2S. The molecule has 0 radical (unpaired) electrons. The Morgan fingerprint density at radius 1 is 1.00 bits per heavy atom. The Balaban J connectivity index is 1.50. The molecule has 4 heteroatoms. The summed E-state index contributed by atoms with van der Waals surface area (Å²) in [5.41, 5.74) is 1.85. The van der Waals surface area contributed by atoms with E-state index in [1.165, 1.54) is 4.88 Å². The number of thiophene rings is 1. The Morgan fingerprint density at radius 3 is 2.59 bits per heavy atom. The summed E-state index contributed by atoms with van der Waals surface area (Å²) in [5.74, 6) is 0.801. The first-order valence-electron chi connectivity index (χ1n) is 9.15. The van der Waals surface area contributed by atoms with E-state index < -0.39 is 0 Å². The van der Waals surface area contributed by atoms with Gasteiger partial charge in [0.1, 0.15) is 17.4 Å². The van der Waals surface area contributed by atoms with Crippen molar-refractivity contribution in [3.8, 4) is 0 Å². The lowest BCUT2D eigenvalue weighted by atomic mass is 10.0. The zero-order chi connectivity index (χ0) is 18.5. The number of hydrogen-bond donors (Lipinski definition) is 1. The maximum absolute atomic E-state index is 12.6. The van der Waals surface area contributed by atoms with Crippen LogP contribution in [0.25, 0.3) is 11.0 Å². The van der Waals surface area contributed by atoms with Crippen LogP contribution >= 0.6 is 11.3 Å². The summed E-state index contributed by atoms with van der Waals surface area (Å²) in [6.45, 7) is 0. The average molecular weight is 375 g/mol. The highest BCUT2D eigenvalue weighted by Crippen LogP contribution is 2.28. The standard InChI is InChI=1S/C23H21NO2S/c25-22(14-6-11-19-12-7-15-27-19)24-23(17-8-2-1-3-9-17)21-16-18-10-4-5-13-20(18)26-21/h1-5,7-10,12-13,15-16,23H,6,11,14H2,(H,24,25). The van der Waals surface area contributed by atoms with E-state index in [2.05, 4.69) is 16.8 Å². The van der Waals surface area contributed by atoms with Gasteiger partial charge in [0.25, 0.3) is 0 Å². The Hall–Kier alpha value is -2.85. The predicted octanol–water partition coefficient (Wildman–Crippen LogP) is 5.72. The summed E-state index contributed by atoms with van der Waals surface area (Å²) in [6.07, 6.45) is 2.28. The fourth-order valence-electron chi connectivity index (χ4n) is 3.22. The summed E-state index contributed by atoms with van der Waals surface area (Å²) in [7, 11) is 0. The Kier molecular flexibility index (Phi) is 5.35. The molecule has 136 valence electrons. The molecule has 2 heterocycles. The lowest BCUT2D eigenvalue weighted by Crippen LogP contribution is -2.28. The fraction of sp³-hybridized carbons (Fsp3) is 0.174. The molecule has 1 atom stereocenters. The minimum atomic E-state index is -0.284. The minimum absolute atomic E-state index is 0.0425. The topological polar surface area (TPSA) is 42.2 Å². The molecule has 0 fully saturated rings. The molecule has 0 aliphatic rings. The molecule has 0 aliphatic heterocycles. The van der Waals surface area contributed by atoms with Crippen molar-refractivity contribution in [1.29, 1.82) is 0 Å². The van der Waals surface area contributed by atoms with Crippen molar-refractivity contribution in [2.75, 3.05) is 0 Å². The van der Waals surface area contributed by atoms with E-state index in [0.29, 0.717) is 6.42 Å². The van der Waals surface area contributed by atoms with E-state index in [0.717, 1.165) is 35.1 Å². The van der Waals surface area contributed by atoms with Gasteiger partial charge in [-0.05, 0) is 42.0 Å². The van der Waals surface area contributed by atoms with Gasteiger partial charge in [0, 0.05) is 16.7 Å². The van der Waals surface area contributed by atoms with Crippen LogP contribution in [0.1, 0.15) is 35.1 Å². The van der Waals surface area contributed by atoms with Crippen LogP contribution in [0, 0.1) is 0 Å². The summed E-state index contributed by atoms with van der Waals surface area (Å²) in [5, 5.41) is 6.28. The molecule has 3 nitrogen and oxygen atoms in total. The van der Waals surface area contributed by atoms with Gasteiger partial charge in [-0.15, -0.1) is 11.3 Å². The molecule has 0 aliphatic carbocycles. The summed E-state index contributed by atoms with van der Waals surface area (Å²) >= 11 is 1.74. The van der Waals surface area contributed by atoms with Crippen molar-refractivity contribution in [1.82, 2.24) is 5.32 Å². The molecule has 0 saturated carbocycles. The van der Waals surface area contributed by atoms with E-state index in [4.69, 9.17) is 4.42 Å². The SMILES string of the molecule is O=C(CCCc1cccs1)NC(c1ccccc1)c1cc2ccccc2o1. The highest BCUT2D eigenvalue weighted by atomic mass is 32.1. The highest BCUT2D eigenvalue weighted by molar-refractivity contribution is 7.09. The zero-order valence-corrected chi connectivity index (χ0v) is 15.7. The van der Waals surface area contributed by atoms with Crippen molar-refractivity contribution in [3.63, 3.8) is 0 Å². The van der Waals surface area contributed by atoms with Crippen molar-refractivity contribution in [2.24, 2.45) is 0 Å². The van der Waals surface area contributed by atoms with Crippen LogP contribution in [0.2, 0.25) is 0 Å². The average Bonchev–Trinajstić information content (AvgIpc) is 3.36. The first kappa shape index (κ1) is 17.6. The quantitative estimate of drug-likeness (QED) is 0.449. The number of benzene rings is 2. The molecule has 2 aromatic heterocycles. The van der Waals surface area contributed by atoms with Gasteiger partial charge in [-0.25, -0.2) is 0 Å².